The molecule has 11 heavy (non-hydrogen) atoms. The molecule has 0 bridgehead atoms. The topological polar surface area (TPSA) is 55.4 Å². The highest BCUT2D eigenvalue weighted by molar-refractivity contribution is 5.77. The van der Waals surface area contributed by atoms with E-state index in [0.717, 1.165) is 19.4 Å². The monoisotopic (exact) mass is 157 g/mol. The number of rotatable bonds is 3. The summed E-state index contributed by atoms with van der Waals surface area (Å²) in [5, 5.41) is 2.97. The Balaban J connectivity index is 2.22. The van der Waals surface area contributed by atoms with Gasteiger partial charge in [0.05, 0.1) is 0 Å². The zero-order valence-electron chi connectivity index (χ0n) is 6.21. The molecule has 1 N–H and O–H groups in total. The molecule has 4 nitrogen and oxygen atoms in total. The van der Waals surface area contributed by atoms with Crippen LogP contribution in [0.1, 0.15) is 12.8 Å². The standard InChI is InChI=1S/C7H11NO3/c9-4-5-11-7(10)6-2-1-3-8-6/h4,6,8H,1-3,5H2. The minimum absolute atomic E-state index is 0.128. The van der Waals surface area contributed by atoms with Crippen LogP contribution in [0, 0.1) is 0 Å². The van der Waals surface area contributed by atoms with Crippen LogP contribution in [0.15, 0.2) is 0 Å². The van der Waals surface area contributed by atoms with E-state index in [1.165, 1.54) is 0 Å². The van der Waals surface area contributed by atoms with Crippen molar-refractivity contribution in [3.05, 3.63) is 0 Å². The molecule has 0 aromatic carbocycles. The van der Waals surface area contributed by atoms with Gasteiger partial charge in [0, 0.05) is 0 Å². The Kier molecular flexibility index (Phi) is 3.04. The number of hydrogen-bond acceptors (Lipinski definition) is 4. The van der Waals surface area contributed by atoms with Crippen LogP contribution in [-0.2, 0) is 14.3 Å². The van der Waals surface area contributed by atoms with Crippen molar-refractivity contribution < 1.29 is 14.3 Å². The Bertz CT molecular complexity index is 152. The molecule has 0 amide bonds. The normalized spacial score (nSPS) is 23.1. The van der Waals surface area contributed by atoms with Gasteiger partial charge in [-0.05, 0) is 19.4 Å². The largest absolute Gasteiger partial charge is 0.457 e. The number of ether oxygens (including phenoxy) is 1. The number of nitrogens with one attached hydrogen (secondary N) is 1. The number of hydrogen-bond donors (Lipinski definition) is 1. The molecule has 1 unspecified atom stereocenters. The highest BCUT2D eigenvalue weighted by Gasteiger charge is 2.22. The average Bonchev–Trinajstić information content (AvgIpc) is 2.52. The molecule has 1 aliphatic rings. The minimum atomic E-state index is -0.311. The van der Waals surface area contributed by atoms with E-state index >= 15 is 0 Å². The number of esters is 1. The summed E-state index contributed by atoms with van der Waals surface area (Å²) >= 11 is 0. The van der Waals surface area contributed by atoms with Crippen molar-refractivity contribution in [3.63, 3.8) is 0 Å². The van der Waals surface area contributed by atoms with E-state index < -0.39 is 0 Å². The third-order valence-corrected chi connectivity index (χ3v) is 1.64. The predicted molar refractivity (Wildman–Crippen MR) is 38.0 cm³/mol. The van der Waals surface area contributed by atoms with Crippen LogP contribution >= 0.6 is 0 Å². The van der Waals surface area contributed by atoms with Crippen LogP contribution in [0.5, 0.6) is 0 Å². The fourth-order valence-corrected chi connectivity index (χ4v) is 1.10. The Morgan fingerprint density at radius 2 is 2.55 bits per heavy atom. The molecule has 62 valence electrons. The van der Waals surface area contributed by atoms with Gasteiger partial charge in [-0.25, -0.2) is 0 Å². The minimum Gasteiger partial charge on any atom is -0.457 e. The molecule has 0 spiro atoms. The van der Waals surface area contributed by atoms with Gasteiger partial charge in [-0.3, -0.25) is 9.59 Å². The lowest BCUT2D eigenvalue weighted by atomic mass is 10.2. The first-order chi connectivity index (χ1) is 5.34. The van der Waals surface area contributed by atoms with Crippen LogP contribution in [0.4, 0.5) is 0 Å². The Morgan fingerprint density at radius 1 is 1.73 bits per heavy atom. The molecule has 0 aromatic rings. The maximum atomic E-state index is 11.0. The summed E-state index contributed by atoms with van der Waals surface area (Å²) in [6, 6.07) is -0.185. The second-order valence-corrected chi connectivity index (χ2v) is 2.45. The fourth-order valence-electron chi connectivity index (χ4n) is 1.10. The van der Waals surface area contributed by atoms with Crippen LogP contribution in [0.2, 0.25) is 0 Å². The summed E-state index contributed by atoms with van der Waals surface area (Å²) in [6.45, 7) is 0.734. The molecule has 1 rings (SSSR count). The van der Waals surface area contributed by atoms with E-state index in [4.69, 9.17) is 0 Å². The summed E-state index contributed by atoms with van der Waals surface area (Å²) in [4.78, 5) is 20.8. The van der Waals surface area contributed by atoms with Crippen molar-refractivity contribution in [2.24, 2.45) is 0 Å². The molecule has 0 saturated carbocycles. The van der Waals surface area contributed by atoms with Gasteiger partial charge in [0.25, 0.3) is 0 Å². The number of carbonyl (C=O) groups excluding carboxylic acids is 2. The fraction of sp³-hybridized carbons (Fsp3) is 0.714. The molecule has 0 radical (unpaired) electrons. The second-order valence-electron chi connectivity index (χ2n) is 2.45. The van der Waals surface area contributed by atoms with Crippen LogP contribution in [-0.4, -0.2) is 31.4 Å². The molecule has 1 atom stereocenters. The van der Waals surface area contributed by atoms with Crippen molar-refractivity contribution in [1.82, 2.24) is 5.32 Å². The van der Waals surface area contributed by atoms with Gasteiger partial charge in [-0.1, -0.05) is 0 Å². The van der Waals surface area contributed by atoms with Crippen LogP contribution in [0.3, 0.4) is 0 Å². The molecule has 0 aromatic heterocycles. The van der Waals surface area contributed by atoms with Crippen LogP contribution < -0.4 is 5.32 Å². The maximum absolute atomic E-state index is 11.0. The Hall–Kier alpha value is -0.900. The second kappa shape index (κ2) is 4.08. The lowest BCUT2D eigenvalue weighted by Gasteiger charge is -2.06. The third kappa shape index (κ3) is 2.31. The first-order valence-corrected chi connectivity index (χ1v) is 3.68. The zero-order valence-corrected chi connectivity index (χ0v) is 6.21. The molecule has 1 fully saturated rings. The molecule has 1 aliphatic heterocycles. The third-order valence-electron chi connectivity index (χ3n) is 1.64. The van der Waals surface area contributed by atoms with Crippen molar-refractivity contribution in [1.29, 1.82) is 0 Å². The van der Waals surface area contributed by atoms with Gasteiger partial charge in [0.2, 0.25) is 0 Å². The predicted octanol–water partition coefficient (Wildman–Crippen LogP) is -0.520. The lowest BCUT2D eigenvalue weighted by Crippen LogP contribution is -2.32. The molecule has 1 heterocycles. The van der Waals surface area contributed by atoms with E-state index in [1.54, 1.807) is 0 Å². The zero-order chi connectivity index (χ0) is 8.10. The SMILES string of the molecule is O=CCOC(=O)C1CCCN1. The Labute approximate surface area is 64.9 Å². The summed E-state index contributed by atoms with van der Waals surface area (Å²) in [7, 11) is 0. The average molecular weight is 157 g/mol. The summed E-state index contributed by atoms with van der Waals surface area (Å²) in [6.07, 6.45) is 2.39. The van der Waals surface area contributed by atoms with E-state index in [-0.39, 0.29) is 18.6 Å². The van der Waals surface area contributed by atoms with Crippen LogP contribution in [0.25, 0.3) is 0 Å². The maximum Gasteiger partial charge on any atom is 0.323 e. The van der Waals surface area contributed by atoms with Gasteiger partial charge in [-0.15, -0.1) is 0 Å². The number of aldehydes is 1. The first-order valence-electron chi connectivity index (χ1n) is 3.68. The van der Waals surface area contributed by atoms with Crippen molar-refractivity contribution in [3.8, 4) is 0 Å². The summed E-state index contributed by atoms with van der Waals surface area (Å²) in [5.74, 6) is -0.311. The highest BCUT2D eigenvalue weighted by Crippen LogP contribution is 2.05. The van der Waals surface area contributed by atoms with Crippen molar-refractivity contribution in [2.45, 2.75) is 18.9 Å². The van der Waals surface area contributed by atoms with Gasteiger partial charge < -0.3 is 10.1 Å². The van der Waals surface area contributed by atoms with Gasteiger partial charge in [0.15, 0.2) is 6.29 Å². The lowest BCUT2D eigenvalue weighted by molar-refractivity contribution is -0.147. The van der Waals surface area contributed by atoms with E-state index in [9.17, 15) is 9.59 Å². The Morgan fingerprint density at radius 3 is 3.09 bits per heavy atom. The van der Waals surface area contributed by atoms with Gasteiger partial charge in [0.1, 0.15) is 12.6 Å². The van der Waals surface area contributed by atoms with E-state index in [1.807, 2.05) is 0 Å². The van der Waals surface area contributed by atoms with E-state index in [0.29, 0.717) is 6.29 Å². The quantitative estimate of drug-likeness (QED) is 0.442. The molecule has 1 saturated heterocycles. The van der Waals surface area contributed by atoms with Crippen molar-refractivity contribution in [2.75, 3.05) is 13.2 Å². The summed E-state index contributed by atoms with van der Waals surface area (Å²) in [5.41, 5.74) is 0. The van der Waals surface area contributed by atoms with E-state index in [2.05, 4.69) is 10.1 Å². The van der Waals surface area contributed by atoms with Gasteiger partial charge >= 0.3 is 5.97 Å². The smallest absolute Gasteiger partial charge is 0.323 e. The molecular formula is C7H11NO3. The van der Waals surface area contributed by atoms with Crippen molar-refractivity contribution >= 4 is 12.3 Å². The molecule has 4 heteroatoms. The highest BCUT2D eigenvalue weighted by atomic mass is 16.5. The number of carbonyl (C=O) groups is 2. The first kappa shape index (κ1) is 8.20. The molecule has 0 aliphatic carbocycles. The summed E-state index contributed by atoms with van der Waals surface area (Å²) < 4.78 is 4.61. The van der Waals surface area contributed by atoms with Gasteiger partial charge in [-0.2, -0.15) is 0 Å². The molecular weight excluding hydrogens is 146 g/mol.